The Bertz CT molecular complexity index is 838. The van der Waals surface area contributed by atoms with Crippen LogP contribution in [-0.4, -0.2) is 49.1 Å². The van der Waals surface area contributed by atoms with Gasteiger partial charge >= 0.3 is 0 Å². The van der Waals surface area contributed by atoms with Gasteiger partial charge in [-0.05, 0) is 31.7 Å². The van der Waals surface area contributed by atoms with E-state index in [-0.39, 0.29) is 17.8 Å². The van der Waals surface area contributed by atoms with Crippen molar-refractivity contribution in [3.8, 4) is 0 Å². The van der Waals surface area contributed by atoms with E-state index in [2.05, 4.69) is 5.32 Å². The number of nitrogens with one attached hydrogen (secondary N) is 1. The number of carbonyl (C=O) groups is 1. The monoisotopic (exact) mass is 443 g/mol. The van der Waals surface area contributed by atoms with Gasteiger partial charge in [0.2, 0.25) is 15.9 Å². The van der Waals surface area contributed by atoms with Crippen LogP contribution in [-0.2, 0) is 14.8 Å². The highest BCUT2D eigenvalue weighted by Gasteiger charge is 2.33. The number of anilines is 1. The molecule has 29 heavy (non-hydrogen) atoms. The van der Waals surface area contributed by atoms with Crippen LogP contribution in [0.2, 0.25) is 0 Å². The number of hydrogen-bond donors (Lipinski definition) is 1. The number of amides is 1. The zero-order chi connectivity index (χ0) is 21.6. The Morgan fingerprint density at radius 1 is 1.38 bits per heavy atom. The summed E-state index contributed by atoms with van der Waals surface area (Å²) in [6, 6.07) is 3.05. The molecular weight excluding hydrogens is 414 g/mol. The smallest absolute Gasteiger partial charge is 0.271 e. The van der Waals surface area contributed by atoms with Gasteiger partial charge < -0.3 is 5.32 Å². The summed E-state index contributed by atoms with van der Waals surface area (Å²) in [5.41, 5.74) is 0.482. The molecule has 2 rings (SSSR count). The number of nitro benzene ring substituents is 1. The number of aryl methyl sites for hydroxylation is 1. The molecule has 0 radical (unpaired) electrons. The van der Waals surface area contributed by atoms with Crippen molar-refractivity contribution >= 4 is 39.1 Å². The molecule has 1 N–H and O–H groups in total. The molecule has 1 aliphatic rings. The van der Waals surface area contributed by atoms with Crippen LogP contribution in [0.1, 0.15) is 44.6 Å². The van der Waals surface area contributed by atoms with Crippen LogP contribution in [0.5, 0.6) is 0 Å². The number of rotatable bonds is 10. The van der Waals surface area contributed by atoms with Gasteiger partial charge in [0.25, 0.3) is 5.69 Å². The number of carbonyl (C=O) groups excluding carboxylic acids is 1. The van der Waals surface area contributed by atoms with E-state index in [1.165, 1.54) is 43.9 Å². The first-order valence-corrected chi connectivity index (χ1v) is 12.7. The largest absolute Gasteiger partial charge is 0.353 e. The molecule has 1 fully saturated rings. The van der Waals surface area contributed by atoms with Crippen LogP contribution in [0, 0.1) is 17.0 Å². The molecule has 1 aromatic carbocycles. The molecule has 1 saturated carbocycles. The predicted octanol–water partition coefficient (Wildman–Crippen LogP) is 3.24. The number of nitro groups is 1. The third-order valence-electron chi connectivity index (χ3n) is 5.03. The van der Waals surface area contributed by atoms with E-state index in [4.69, 9.17) is 0 Å². The highest BCUT2D eigenvalue weighted by atomic mass is 32.2. The molecule has 1 unspecified atom stereocenters. The van der Waals surface area contributed by atoms with E-state index in [1.54, 1.807) is 13.8 Å². The minimum absolute atomic E-state index is 0.157. The average Bonchev–Trinajstić information content (AvgIpc) is 3.16. The van der Waals surface area contributed by atoms with Crippen LogP contribution in [0.25, 0.3) is 0 Å². The number of nitrogens with zero attached hydrogens (tertiary/aromatic N) is 2. The molecule has 8 nitrogen and oxygen atoms in total. The lowest BCUT2D eigenvalue weighted by atomic mass is 10.1. The third kappa shape index (κ3) is 6.33. The topological polar surface area (TPSA) is 110 Å². The Kier molecular flexibility index (Phi) is 8.33. The van der Waals surface area contributed by atoms with Crippen LogP contribution < -0.4 is 9.62 Å². The first-order chi connectivity index (χ1) is 13.6. The molecule has 0 spiro atoms. The second-order valence-corrected chi connectivity index (χ2v) is 10.5. The van der Waals surface area contributed by atoms with Gasteiger partial charge in [-0.25, -0.2) is 8.42 Å². The van der Waals surface area contributed by atoms with Gasteiger partial charge in [0, 0.05) is 29.7 Å². The Labute approximate surface area is 176 Å². The standard InChI is InChI=1S/C19H29N3O5S2/c1-4-17(19(23)20-11-12-28-16-7-5-6-8-16)21(29(3,26)27)18-13-15(22(24)25)10-9-14(18)2/h9-10,13,16-17H,4-8,11-12H2,1-3H3,(H,20,23). The molecule has 0 aromatic heterocycles. The second-order valence-electron chi connectivity index (χ2n) is 7.28. The summed E-state index contributed by atoms with van der Waals surface area (Å²) in [6.45, 7) is 3.85. The summed E-state index contributed by atoms with van der Waals surface area (Å²) in [7, 11) is -3.84. The van der Waals surface area contributed by atoms with Crippen LogP contribution in [0.15, 0.2) is 18.2 Å². The molecule has 1 aliphatic carbocycles. The Morgan fingerprint density at radius 2 is 2.03 bits per heavy atom. The number of sulfonamides is 1. The lowest BCUT2D eigenvalue weighted by molar-refractivity contribution is -0.384. The summed E-state index contributed by atoms with van der Waals surface area (Å²) >= 11 is 1.84. The van der Waals surface area contributed by atoms with Crippen molar-refractivity contribution in [2.75, 3.05) is 22.9 Å². The number of benzene rings is 1. The van der Waals surface area contributed by atoms with Gasteiger partial charge in [-0.3, -0.25) is 19.2 Å². The van der Waals surface area contributed by atoms with Crippen molar-refractivity contribution in [2.45, 2.75) is 57.2 Å². The highest BCUT2D eigenvalue weighted by molar-refractivity contribution is 7.99. The maximum atomic E-state index is 12.8. The first kappa shape index (κ1) is 23.5. The van der Waals surface area contributed by atoms with E-state index in [9.17, 15) is 23.3 Å². The maximum Gasteiger partial charge on any atom is 0.271 e. The van der Waals surface area contributed by atoms with Gasteiger partial charge in [-0.15, -0.1) is 0 Å². The fourth-order valence-electron chi connectivity index (χ4n) is 3.56. The maximum absolute atomic E-state index is 12.8. The third-order valence-corrected chi connectivity index (χ3v) is 7.58. The SMILES string of the molecule is CCC(C(=O)NCCSC1CCCC1)N(c1cc([N+](=O)[O-])ccc1C)S(C)(=O)=O. The fraction of sp³-hybridized carbons (Fsp3) is 0.632. The van der Waals surface area contributed by atoms with Crippen molar-refractivity contribution in [1.29, 1.82) is 0 Å². The number of thioether (sulfide) groups is 1. The number of hydrogen-bond acceptors (Lipinski definition) is 6. The summed E-state index contributed by atoms with van der Waals surface area (Å²) < 4.78 is 26.1. The zero-order valence-corrected chi connectivity index (χ0v) is 18.7. The predicted molar refractivity (Wildman–Crippen MR) is 117 cm³/mol. The summed E-state index contributed by atoms with van der Waals surface area (Å²) in [6.07, 6.45) is 6.20. The minimum Gasteiger partial charge on any atom is -0.353 e. The molecular formula is C19H29N3O5S2. The molecule has 1 aromatic rings. The van der Waals surface area contributed by atoms with E-state index in [1.807, 2.05) is 11.8 Å². The molecule has 162 valence electrons. The lowest BCUT2D eigenvalue weighted by Gasteiger charge is -2.31. The minimum atomic E-state index is -3.84. The molecule has 0 aliphatic heterocycles. The lowest BCUT2D eigenvalue weighted by Crippen LogP contribution is -2.50. The van der Waals surface area contributed by atoms with Gasteiger partial charge in [-0.2, -0.15) is 11.8 Å². The zero-order valence-electron chi connectivity index (χ0n) is 17.1. The van der Waals surface area contributed by atoms with Crippen LogP contribution >= 0.6 is 11.8 Å². The summed E-state index contributed by atoms with van der Waals surface area (Å²) in [5.74, 6) is 0.387. The van der Waals surface area contributed by atoms with Gasteiger partial charge in [0.1, 0.15) is 6.04 Å². The molecule has 0 saturated heterocycles. The number of non-ortho nitro benzene ring substituents is 1. The normalized spacial score (nSPS) is 15.8. The van der Waals surface area contributed by atoms with Crippen molar-refractivity contribution < 1.29 is 18.1 Å². The fourth-order valence-corrected chi connectivity index (χ4v) is 6.04. The van der Waals surface area contributed by atoms with Gasteiger partial charge in [0.05, 0.1) is 16.9 Å². The quantitative estimate of drug-likeness (QED) is 0.338. The second kappa shape index (κ2) is 10.3. The highest BCUT2D eigenvalue weighted by Crippen LogP contribution is 2.31. The van der Waals surface area contributed by atoms with Crippen molar-refractivity contribution in [2.24, 2.45) is 0 Å². The molecule has 10 heteroatoms. The van der Waals surface area contributed by atoms with Crippen molar-refractivity contribution in [3.63, 3.8) is 0 Å². The summed E-state index contributed by atoms with van der Waals surface area (Å²) in [4.78, 5) is 23.4. The van der Waals surface area contributed by atoms with E-state index < -0.39 is 26.9 Å². The van der Waals surface area contributed by atoms with Crippen molar-refractivity contribution in [3.05, 3.63) is 33.9 Å². The average molecular weight is 444 g/mol. The van der Waals surface area contributed by atoms with Gasteiger partial charge in [0.15, 0.2) is 0 Å². The van der Waals surface area contributed by atoms with Crippen LogP contribution in [0.4, 0.5) is 11.4 Å². The summed E-state index contributed by atoms with van der Waals surface area (Å²) in [5, 5.41) is 14.6. The van der Waals surface area contributed by atoms with Gasteiger partial charge in [-0.1, -0.05) is 25.8 Å². The van der Waals surface area contributed by atoms with E-state index in [0.29, 0.717) is 17.4 Å². The van der Waals surface area contributed by atoms with E-state index in [0.717, 1.165) is 16.3 Å². The Morgan fingerprint density at radius 3 is 2.59 bits per heavy atom. The molecule has 0 heterocycles. The molecule has 1 amide bonds. The molecule has 1 atom stereocenters. The Balaban J connectivity index is 2.17. The Hall–Kier alpha value is -1.81. The van der Waals surface area contributed by atoms with Crippen LogP contribution in [0.3, 0.4) is 0 Å². The van der Waals surface area contributed by atoms with E-state index >= 15 is 0 Å². The van der Waals surface area contributed by atoms with Crippen molar-refractivity contribution in [1.82, 2.24) is 5.32 Å². The first-order valence-electron chi connectivity index (χ1n) is 9.79. The molecule has 0 bridgehead atoms.